The molecule has 0 bridgehead atoms. The number of nitrogens with two attached hydrogens (primary N) is 1. The molecule has 0 amide bonds. The molecule has 1 aromatic rings. The Hall–Kier alpha value is -1.13. The van der Waals surface area contributed by atoms with Gasteiger partial charge >= 0.3 is 0 Å². The number of benzene rings is 1. The molecule has 84 valence electrons. The van der Waals surface area contributed by atoms with Gasteiger partial charge in [-0.05, 0) is 19.9 Å². The SMILES string of the molecule is CC(O)COc1ccc(C(C)N)c(F)c1. The van der Waals surface area contributed by atoms with Gasteiger partial charge in [0.25, 0.3) is 0 Å². The molecule has 3 nitrogen and oxygen atoms in total. The fourth-order valence-electron chi connectivity index (χ4n) is 1.18. The molecule has 2 unspecified atom stereocenters. The van der Waals surface area contributed by atoms with Gasteiger partial charge < -0.3 is 15.6 Å². The lowest BCUT2D eigenvalue weighted by Gasteiger charge is -2.11. The van der Waals surface area contributed by atoms with Crippen LogP contribution in [0.3, 0.4) is 0 Å². The van der Waals surface area contributed by atoms with E-state index in [1.807, 2.05) is 0 Å². The van der Waals surface area contributed by atoms with Crippen molar-refractivity contribution in [2.24, 2.45) is 5.73 Å². The van der Waals surface area contributed by atoms with Crippen LogP contribution in [0.1, 0.15) is 25.5 Å². The van der Waals surface area contributed by atoms with Crippen molar-refractivity contribution in [3.63, 3.8) is 0 Å². The molecular weight excluding hydrogens is 197 g/mol. The van der Waals surface area contributed by atoms with Crippen molar-refractivity contribution >= 4 is 0 Å². The summed E-state index contributed by atoms with van der Waals surface area (Å²) < 4.78 is 18.6. The first-order chi connectivity index (χ1) is 7.00. The molecule has 0 saturated heterocycles. The highest BCUT2D eigenvalue weighted by atomic mass is 19.1. The summed E-state index contributed by atoms with van der Waals surface area (Å²) in [6, 6.07) is 4.18. The fraction of sp³-hybridized carbons (Fsp3) is 0.455. The van der Waals surface area contributed by atoms with E-state index in [9.17, 15) is 4.39 Å². The third-order valence-corrected chi connectivity index (χ3v) is 1.95. The Morgan fingerprint density at radius 3 is 2.60 bits per heavy atom. The van der Waals surface area contributed by atoms with Crippen LogP contribution in [0.2, 0.25) is 0 Å². The molecule has 3 N–H and O–H groups in total. The molecule has 0 saturated carbocycles. The van der Waals surface area contributed by atoms with Gasteiger partial charge in [-0.3, -0.25) is 0 Å². The van der Waals surface area contributed by atoms with Crippen LogP contribution in [0.5, 0.6) is 5.75 Å². The largest absolute Gasteiger partial charge is 0.491 e. The van der Waals surface area contributed by atoms with Crippen LogP contribution < -0.4 is 10.5 Å². The number of ether oxygens (including phenoxy) is 1. The van der Waals surface area contributed by atoms with Gasteiger partial charge in [-0.1, -0.05) is 6.07 Å². The molecule has 2 atom stereocenters. The van der Waals surface area contributed by atoms with Gasteiger partial charge in [0, 0.05) is 17.7 Å². The lowest BCUT2D eigenvalue weighted by atomic mass is 10.1. The Morgan fingerprint density at radius 1 is 1.47 bits per heavy atom. The summed E-state index contributed by atoms with van der Waals surface area (Å²) in [5.74, 6) is 0.0193. The second-order valence-electron chi connectivity index (χ2n) is 3.63. The molecule has 0 fully saturated rings. The van der Waals surface area contributed by atoms with Crippen LogP contribution in [0.25, 0.3) is 0 Å². The maximum Gasteiger partial charge on any atom is 0.131 e. The smallest absolute Gasteiger partial charge is 0.131 e. The van der Waals surface area contributed by atoms with Crippen molar-refractivity contribution in [2.45, 2.75) is 26.0 Å². The highest BCUT2D eigenvalue weighted by molar-refractivity contribution is 5.30. The summed E-state index contributed by atoms with van der Waals surface area (Å²) in [6.45, 7) is 3.47. The van der Waals surface area contributed by atoms with Crippen molar-refractivity contribution in [3.8, 4) is 5.75 Å². The molecule has 4 heteroatoms. The number of hydrogen-bond acceptors (Lipinski definition) is 3. The highest BCUT2D eigenvalue weighted by Crippen LogP contribution is 2.20. The van der Waals surface area contributed by atoms with E-state index < -0.39 is 6.10 Å². The van der Waals surface area contributed by atoms with Gasteiger partial charge in [0.2, 0.25) is 0 Å². The summed E-state index contributed by atoms with van der Waals surface area (Å²) in [5.41, 5.74) is 6.02. The topological polar surface area (TPSA) is 55.5 Å². The van der Waals surface area contributed by atoms with Crippen molar-refractivity contribution in [3.05, 3.63) is 29.6 Å². The minimum Gasteiger partial charge on any atom is -0.491 e. The van der Waals surface area contributed by atoms with Crippen LogP contribution in [0.4, 0.5) is 4.39 Å². The Balaban J connectivity index is 2.73. The highest BCUT2D eigenvalue weighted by Gasteiger charge is 2.08. The summed E-state index contributed by atoms with van der Waals surface area (Å²) >= 11 is 0. The molecule has 15 heavy (non-hydrogen) atoms. The van der Waals surface area contributed by atoms with Gasteiger partial charge in [0.1, 0.15) is 18.2 Å². The summed E-state index contributed by atoms with van der Waals surface area (Å²) in [7, 11) is 0. The average Bonchev–Trinajstić information content (AvgIpc) is 2.14. The van der Waals surface area contributed by atoms with Crippen molar-refractivity contribution in [1.82, 2.24) is 0 Å². The van der Waals surface area contributed by atoms with E-state index in [0.717, 1.165) is 0 Å². The molecule has 0 heterocycles. The summed E-state index contributed by atoms with van der Waals surface area (Å²) in [4.78, 5) is 0. The first-order valence-corrected chi connectivity index (χ1v) is 4.86. The Bertz CT molecular complexity index is 326. The number of hydrogen-bond donors (Lipinski definition) is 2. The van der Waals surface area contributed by atoms with Gasteiger partial charge in [-0.15, -0.1) is 0 Å². The second kappa shape index (κ2) is 5.09. The van der Waals surface area contributed by atoms with E-state index in [4.69, 9.17) is 15.6 Å². The van der Waals surface area contributed by atoms with Crippen LogP contribution in [-0.2, 0) is 0 Å². The Labute approximate surface area is 88.7 Å². The molecule has 0 radical (unpaired) electrons. The van der Waals surface area contributed by atoms with Gasteiger partial charge in [0.15, 0.2) is 0 Å². The molecule has 0 aromatic heterocycles. The number of aliphatic hydroxyl groups is 1. The number of aliphatic hydroxyl groups excluding tert-OH is 1. The molecule has 1 aromatic carbocycles. The van der Waals surface area contributed by atoms with Crippen molar-refractivity contribution in [1.29, 1.82) is 0 Å². The first-order valence-electron chi connectivity index (χ1n) is 4.86. The summed E-state index contributed by atoms with van der Waals surface area (Å²) in [5, 5.41) is 8.99. The van der Waals surface area contributed by atoms with Gasteiger partial charge in [-0.25, -0.2) is 4.39 Å². The van der Waals surface area contributed by atoms with Crippen LogP contribution in [-0.4, -0.2) is 17.8 Å². The lowest BCUT2D eigenvalue weighted by molar-refractivity contribution is 0.122. The molecule has 0 aliphatic heterocycles. The Kier molecular flexibility index (Phi) is 4.05. The third kappa shape index (κ3) is 3.49. The van der Waals surface area contributed by atoms with Crippen LogP contribution >= 0.6 is 0 Å². The standard InChI is InChI=1S/C11H16FNO2/c1-7(14)6-15-9-3-4-10(8(2)13)11(12)5-9/h3-5,7-8,14H,6,13H2,1-2H3. The zero-order valence-corrected chi connectivity index (χ0v) is 8.90. The van der Waals surface area contributed by atoms with E-state index in [1.165, 1.54) is 6.07 Å². The zero-order chi connectivity index (χ0) is 11.4. The third-order valence-electron chi connectivity index (χ3n) is 1.95. The van der Waals surface area contributed by atoms with Gasteiger partial charge in [-0.2, -0.15) is 0 Å². The quantitative estimate of drug-likeness (QED) is 0.798. The second-order valence-corrected chi connectivity index (χ2v) is 3.63. The summed E-state index contributed by atoms with van der Waals surface area (Å²) in [6.07, 6.45) is -0.568. The zero-order valence-electron chi connectivity index (χ0n) is 8.90. The van der Waals surface area contributed by atoms with Gasteiger partial charge in [0.05, 0.1) is 6.10 Å². The predicted octanol–water partition coefficient (Wildman–Crippen LogP) is 1.60. The van der Waals surface area contributed by atoms with E-state index in [1.54, 1.807) is 26.0 Å². The van der Waals surface area contributed by atoms with Crippen LogP contribution in [0, 0.1) is 5.82 Å². The molecular formula is C11H16FNO2. The van der Waals surface area contributed by atoms with Crippen molar-refractivity contribution < 1.29 is 14.2 Å². The van der Waals surface area contributed by atoms with Crippen molar-refractivity contribution in [2.75, 3.05) is 6.61 Å². The maximum atomic E-state index is 13.4. The molecule has 1 rings (SSSR count). The minimum atomic E-state index is -0.568. The number of halogens is 1. The number of rotatable bonds is 4. The molecule has 0 aliphatic rings. The lowest BCUT2D eigenvalue weighted by Crippen LogP contribution is -2.13. The average molecular weight is 213 g/mol. The fourth-order valence-corrected chi connectivity index (χ4v) is 1.18. The normalized spacial score (nSPS) is 14.7. The minimum absolute atomic E-state index is 0.150. The van der Waals surface area contributed by atoms with E-state index in [-0.39, 0.29) is 18.5 Å². The Morgan fingerprint density at radius 2 is 2.13 bits per heavy atom. The molecule has 0 aliphatic carbocycles. The van der Waals surface area contributed by atoms with Crippen LogP contribution in [0.15, 0.2) is 18.2 Å². The van der Waals surface area contributed by atoms with E-state index in [0.29, 0.717) is 11.3 Å². The molecule has 0 spiro atoms. The maximum absolute atomic E-state index is 13.4. The first kappa shape index (κ1) is 11.9. The predicted molar refractivity (Wildman–Crippen MR) is 56.2 cm³/mol. The van der Waals surface area contributed by atoms with E-state index in [2.05, 4.69) is 0 Å². The monoisotopic (exact) mass is 213 g/mol. The van der Waals surface area contributed by atoms with E-state index >= 15 is 0 Å².